The van der Waals surface area contributed by atoms with Crippen molar-refractivity contribution in [1.82, 2.24) is 0 Å². The van der Waals surface area contributed by atoms with Crippen molar-refractivity contribution in [3.8, 4) is 0 Å². The fourth-order valence-electron chi connectivity index (χ4n) is 6.64. The van der Waals surface area contributed by atoms with Crippen LogP contribution in [0.25, 0.3) is 0 Å². The average Bonchev–Trinajstić information content (AvgIpc) is 2.73. The summed E-state index contributed by atoms with van der Waals surface area (Å²) in [5, 5.41) is 0. The normalized spacial score (nSPS) is 32.9. The summed E-state index contributed by atoms with van der Waals surface area (Å²) in [5.74, 6) is 4.14. The topological polar surface area (TPSA) is 0 Å². The van der Waals surface area contributed by atoms with Crippen LogP contribution in [0.5, 0.6) is 0 Å². The molecule has 0 spiro atoms. The number of aryl methyl sites for hydroxylation is 2. The monoisotopic (exact) mass is 382 g/mol. The van der Waals surface area contributed by atoms with Crippen molar-refractivity contribution in [2.45, 2.75) is 90.4 Å². The molecule has 5 unspecified atom stereocenters. The highest BCUT2D eigenvalue weighted by Crippen LogP contribution is 2.48. The summed E-state index contributed by atoms with van der Waals surface area (Å²) in [7, 11) is 0. The Balaban J connectivity index is 1.32. The van der Waals surface area contributed by atoms with Crippen LogP contribution in [-0.4, -0.2) is 0 Å². The number of fused-ring (bicyclic) bond motifs is 2. The Kier molecular flexibility index (Phi) is 6.91. The second-order valence-corrected chi connectivity index (χ2v) is 10.0. The lowest BCUT2D eigenvalue weighted by Gasteiger charge is -2.44. The Morgan fingerprint density at radius 1 is 0.893 bits per heavy atom. The Morgan fingerprint density at radius 3 is 2.50 bits per heavy atom. The zero-order valence-electron chi connectivity index (χ0n) is 17.8. The minimum Gasteiger partial charge on any atom is -0.216 e. The first kappa shape index (κ1) is 20.2. The van der Waals surface area contributed by atoms with Crippen LogP contribution in [0.15, 0.2) is 30.6 Å². The molecule has 0 N–H and O–H groups in total. The van der Waals surface area contributed by atoms with Crippen molar-refractivity contribution >= 4 is 0 Å². The van der Waals surface area contributed by atoms with Gasteiger partial charge in [-0.2, -0.15) is 0 Å². The van der Waals surface area contributed by atoms with E-state index in [1.807, 2.05) is 6.08 Å². The lowest BCUT2D eigenvalue weighted by atomic mass is 9.61. The van der Waals surface area contributed by atoms with Crippen molar-refractivity contribution in [3.05, 3.63) is 47.3 Å². The highest BCUT2D eigenvalue weighted by molar-refractivity contribution is 5.34. The van der Waals surface area contributed by atoms with E-state index in [1.54, 1.807) is 16.7 Å². The zero-order valence-corrected chi connectivity index (χ0v) is 17.8. The maximum Gasteiger partial charge on any atom is 0.0829 e. The second kappa shape index (κ2) is 9.59. The molecular formula is C27H39F. The summed E-state index contributed by atoms with van der Waals surface area (Å²) in [4.78, 5) is 0. The maximum atomic E-state index is 12.5. The molecule has 0 aromatic heterocycles. The van der Waals surface area contributed by atoms with Gasteiger partial charge in [-0.05, 0) is 117 Å². The molecule has 3 aliphatic rings. The lowest BCUT2D eigenvalue weighted by Crippen LogP contribution is -2.34. The molecule has 28 heavy (non-hydrogen) atoms. The smallest absolute Gasteiger partial charge is 0.0829 e. The third-order valence-electron chi connectivity index (χ3n) is 8.31. The van der Waals surface area contributed by atoms with Gasteiger partial charge in [-0.15, -0.1) is 0 Å². The first-order chi connectivity index (χ1) is 13.8. The van der Waals surface area contributed by atoms with Gasteiger partial charge in [-0.1, -0.05) is 44.0 Å². The molecule has 154 valence electrons. The van der Waals surface area contributed by atoms with E-state index in [1.165, 1.54) is 83.5 Å². The number of allylic oxidation sites excluding steroid dienone is 1. The minimum absolute atomic E-state index is 0.510. The van der Waals surface area contributed by atoms with Gasteiger partial charge in [0.1, 0.15) is 0 Å². The van der Waals surface area contributed by atoms with Crippen molar-refractivity contribution in [2.24, 2.45) is 29.6 Å². The number of benzene rings is 1. The standard InChI is InChI=1S/C27H39F/c1-2-3-4-5-20-6-8-24-18-26(12-10-22(24)16-20)27-13-11-23-17-21(14-15-28)7-9-25(23)19-27/h6,8,14-16,21,23,25-27H,2-5,7,9-13,17-19H2,1H3/b15-14+. The predicted molar refractivity (Wildman–Crippen MR) is 117 cm³/mol. The highest BCUT2D eigenvalue weighted by atomic mass is 19.1. The van der Waals surface area contributed by atoms with E-state index in [9.17, 15) is 4.39 Å². The van der Waals surface area contributed by atoms with Crippen LogP contribution in [0.3, 0.4) is 0 Å². The summed E-state index contributed by atoms with van der Waals surface area (Å²) in [6.07, 6.45) is 19.9. The Morgan fingerprint density at radius 2 is 1.68 bits per heavy atom. The molecule has 0 aliphatic heterocycles. The average molecular weight is 383 g/mol. The number of unbranched alkanes of at least 4 members (excludes halogenated alkanes) is 2. The van der Waals surface area contributed by atoms with E-state index in [0.29, 0.717) is 5.92 Å². The molecule has 0 radical (unpaired) electrons. The minimum atomic E-state index is 0.510. The molecule has 0 saturated heterocycles. The second-order valence-electron chi connectivity index (χ2n) is 10.0. The summed E-state index contributed by atoms with van der Waals surface area (Å²) in [5.41, 5.74) is 4.86. The van der Waals surface area contributed by atoms with E-state index >= 15 is 0 Å². The van der Waals surface area contributed by atoms with Gasteiger partial charge in [-0.3, -0.25) is 0 Å². The van der Waals surface area contributed by atoms with Crippen molar-refractivity contribution < 1.29 is 4.39 Å². The van der Waals surface area contributed by atoms with Gasteiger partial charge in [0.25, 0.3) is 0 Å². The van der Waals surface area contributed by atoms with Crippen molar-refractivity contribution in [1.29, 1.82) is 0 Å². The lowest BCUT2D eigenvalue weighted by molar-refractivity contribution is 0.0809. The zero-order chi connectivity index (χ0) is 19.3. The van der Waals surface area contributed by atoms with Crippen LogP contribution in [0.4, 0.5) is 4.39 Å². The molecule has 1 heteroatoms. The van der Waals surface area contributed by atoms with Gasteiger partial charge in [0.05, 0.1) is 6.33 Å². The molecule has 0 bridgehead atoms. The molecule has 4 rings (SSSR count). The summed E-state index contributed by atoms with van der Waals surface area (Å²) < 4.78 is 12.5. The highest BCUT2D eigenvalue weighted by Gasteiger charge is 2.38. The Hall–Kier alpha value is -1.11. The molecule has 1 aromatic carbocycles. The number of hydrogen-bond acceptors (Lipinski definition) is 0. The Labute approximate surface area is 172 Å². The molecular weight excluding hydrogens is 343 g/mol. The van der Waals surface area contributed by atoms with Crippen molar-refractivity contribution in [2.75, 3.05) is 0 Å². The molecule has 5 atom stereocenters. The fraction of sp³-hybridized carbons (Fsp3) is 0.704. The molecule has 2 fully saturated rings. The molecule has 2 saturated carbocycles. The van der Waals surface area contributed by atoms with Gasteiger partial charge < -0.3 is 0 Å². The van der Waals surface area contributed by atoms with Crippen molar-refractivity contribution in [3.63, 3.8) is 0 Å². The summed E-state index contributed by atoms with van der Waals surface area (Å²) in [6.45, 7) is 2.28. The van der Waals surface area contributed by atoms with Gasteiger partial charge in [0.15, 0.2) is 0 Å². The Bertz CT molecular complexity index is 660. The van der Waals surface area contributed by atoms with Crippen LogP contribution in [0, 0.1) is 29.6 Å². The molecule has 0 heterocycles. The number of rotatable bonds is 6. The quantitative estimate of drug-likeness (QED) is 0.440. The third-order valence-corrected chi connectivity index (χ3v) is 8.31. The van der Waals surface area contributed by atoms with E-state index in [0.717, 1.165) is 30.0 Å². The largest absolute Gasteiger partial charge is 0.216 e. The molecule has 3 aliphatic carbocycles. The molecule has 0 amide bonds. The van der Waals surface area contributed by atoms with E-state index in [-0.39, 0.29) is 0 Å². The third kappa shape index (κ3) is 4.71. The van der Waals surface area contributed by atoms with Crippen LogP contribution < -0.4 is 0 Å². The first-order valence-electron chi connectivity index (χ1n) is 12.1. The van der Waals surface area contributed by atoms with Gasteiger partial charge >= 0.3 is 0 Å². The fourth-order valence-corrected chi connectivity index (χ4v) is 6.64. The SMILES string of the molecule is CCCCCc1ccc2c(c1)CCC(C1CCC3CC(/C=C/F)CCC3C1)C2. The van der Waals surface area contributed by atoms with E-state index < -0.39 is 0 Å². The predicted octanol–water partition coefficient (Wildman–Crippen LogP) is 7.84. The van der Waals surface area contributed by atoms with E-state index in [4.69, 9.17) is 0 Å². The number of halogens is 1. The number of hydrogen-bond donors (Lipinski definition) is 0. The van der Waals surface area contributed by atoms with Gasteiger partial charge in [-0.25, -0.2) is 4.39 Å². The maximum absolute atomic E-state index is 12.5. The van der Waals surface area contributed by atoms with Crippen LogP contribution in [0.1, 0.15) is 87.8 Å². The van der Waals surface area contributed by atoms with Gasteiger partial charge in [0.2, 0.25) is 0 Å². The summed E-state index contributed by atoms with van der Waals surface area (Å²) in [6, 6.07) is 7.40. The van der Waals surface area contributed by atoms with Gasteiger partial charge in [0, 0.05) is 0 Å². The van der Waals surface area contributed by atoms with Crippen LogP contribution >= 0.6 is 0 Å². The van der Waals surface area contributed by atoms with E-state index in [2.05, 4.69) is 25.1 Å². The molecule has 0 nitrogen and oxygen atoms in total. The first-order valence-corrected chi connectivity index (χ1v) is 12.1. The van der Waals surface area contributed by atoms with Crippen LogP contribution in [0.2, 0.25) is 0 Å². The summed E-state index contributed by atoms with van der Waals surface area (Å²) >= 11 is 0. The van der Waals surface area contributed by atoms with Crippen LogP contribution in [-0.2, 0) is 19.3 Å². The molecule has 1 aromatic rings.